The molecule has 1 aliphatic heterocycles. The van der Waals surface area contributed by atoms with E-state index in [0.717, 1.165) is 42.0 Å². The topological polar surface area (TPSA) is 51.1 Å². The van der Waals surface area contributed by atoms with Crippen molar-refractivity contribution >= 4 is 23.6 Å². The number of carbonyl (C=O) groups excluding carboxylic acids is 1. The molecule has 2 aromatic carbocycles. The zero-order valence-electron chi connectivity index (χ0n) is 19.8. The van der Waals surface area contributed by atoms with Gasteiger partial charge in [-0.1, -0.05) is 13.8 Å². The minimum Gasteiger partial charge on any atom is -0.496 e. The maximum atomic E-state index is 11.7. The molecule has 5 nitrogen and oxygen atoms in total. The van der Waals surface area contributed by atoms with Gasteiger partial charge in [-0.25, -0.2) is 4.79 Å². The van der Waals surface area contributed by atoms with Crippen molar-refractivity contribution < 1.29 is 14.3 Å². The molecule has 0 saturated heterocycles. The van der Waals surface area contributed by atoms with Crippen molar-refractivity contribution in [1.82, 2.24) is 0 Å². The lowest BCUT2D eigenvalue weighted by Crippen LogP contribution is -2.48. The van der Waals surface area contributed by atoms with Crippen LogP contribution in [0.1, 0.15) is 73.5 Å². The van der Waals surface area contributed by atoms with E-state index in [2.05, 4.69) is 44.7 Å². The predicted molar refractivity (Wildman–Crippen MR) is 128 cm³/mol. The first-order chi connectivity index (χ1) is 14.7. The van der Waals surface area contributed by atoms with Crippen LogP contribution in [0.5, 0.6) is 5.75 Å². The summed E-state index contributed by atoms with van der Waals surface area (Å²) in [5, 5.41) is 0. The fraction of sp³-hybridized carbons (Fsp3) is 0.462. The van der Waals surface area contributed by atoms with Crippen molar-refractivity contribution in [3.05, 3.63) is 52.6 Å². The van der Waals surface area contributed by atoms with E-state index in [1.165, 1.54) is 18.4 Å². The van der Waals surface area contributed by atoms with Crippen LogP contribution in [0.3, 0.4) is 0 Å². The van der Waals surface area contributed by atoms with Crippen LogP contribution in [0.15, 0.2) is 35.3 Å². The molecule has 166 valence electrons. The van der Waals surface area contributed by atoms with Gasteiger partial charge in [0.05, 0.1) is 25.5 Å². The van der Waals surface area contributed by atoms with Gasteiger partial charge in [0.2, 0.25) is 0 Å². The number of aryl methyl sites for hydroxylation is 1. The van der Waals surface area contributed by atoms with Gasteiger partial charge in [0.15, 0.2) is 0 Å². The van der Waals surface area contributed by atoms with Gasteiger partial charge in [-0.15, -0.1) is 0 Å². The Morgan fingerprint density at radius 2 is 2.00 bits per heavy atom. The van der Waals surface area contributed by atoms with Crippen LogP contribution >= 0.6 is 0 Å². The number of ether oxygens (including phenoxy) is 2. The molecule has 0 bridgehead atoms. The first-order valence-corrected chi connectivity index (χ1v) is 10.9. The van der Waals surface area contributed by atoms with Crippen LogP contribution in [-0.2, 0) is 4.74 Å². The van der Waals surface area contributed by atoms with E-state index >= 15 is 0 Å². The van der Waals surface area contributed by atoms with Crippen LogP contribution in [0.4, 0.5) is 11.4 Å². The second kappa shape index (κ2) is 9.13. The standard InChI is InChI=1S/C26H34N2O3/c1-8-11-28-23-14-24(30-6)20(13-21(23)18(3)15-26(28,4)5)16-27-22-10-9-19(12-17(22)2)25(29)31-7/h9-10,12-14,16,18H,8,11,15H2,1-7H3. The average Bonchev–Trinajstić information content (AvgIpc) is 2.74. The molecule has 0 radical (unpaired) electrons. The summed E-state index contributed by atoms with van der Waals surface area (Å²) in [6.07, 6.45) is 4.07. The number of hydrogen-bond donors (Lipinski definition) is 0. The van der Waals surface area contributed by atoms with Gasteiger partial charge in [-0.05, 0) is 74.9 Å². The van der Waals surface area contributed by atoms with Crippen LogP contribution < -0.4 is 9.64 Å². The highest BCUT2D eigenvalue weighted by atomic mass is 16.5. The molecule has 0 aliphatic carbocycles. The molecule has 5 heteroatoms. The lowest BCUT2D eigenvalue weighted by Gasteiger charge is -2.47. The maximum absolute atomic E-state index is 11.7. The third-order valence-corrected chi connectivity index (χ3v) is 6.14. The molecule has 1 unspecified atom stereocenters. The van der Waals surface area contributed by atoms with Crippen molar-refractivity contribution in [2.45, 2.75) is 58.9 Å². The van der Waals surface area contributed by atoms with Gasteiger partial charge in [-0.2, -0.15) is 0 Å². The van der Waals surface area contributed by atoms with Crippen molar-refractivity contribution in [2.75, 3.05) is 25.7 Å². The molecule has 2 aromatic rings. The van der Waals surface area contributed by atoms with E-state index in [4.69, 9.17) is 14.5 Å². The summed E-state index contributed by atoms with van der Waals surface area (Å²) < 4.78 is 10.5. The zero-order valence-corrected chi connectivity index (χ0v) is 19.8. The van der Waals surface area contributed by atoms with Gasteiger partial charge in [0.25, 0.3) is 0 Å². The molecule has 0 aromatic heterocycles. The van der Waals surface area contributed by atoms with Crippen molar-refractivity contribution in [2.24, 2.45) is 4.99 Å². The van der Waals surface area contributed by atoms with E-state index in [9.17, 15) is 4.79 Å². The predicted octanol–water partition coefficient (Wildman–Crippen LogP) is 6.04. The van der Waals surface area contributed by atoms with E-state index in [0.29, 0.717) is 11.5 Å². The third kappa shape index (κ3) is 4.60. The number of carbonyl (C=O) groups is 1. The molecule has 0 spiro atoms. The molecule has 0 amide bonds. The van der Waals surface area contributed by atoms with Crippen molar-refractivity contribution in [3.63, 3.8) is 0 Å². The van der Waals surface area contributed by atoms with Crippen LogP contribution in [0.2, 0.25) is 0 Å². The molecule has 3 rings (SSSR count). The summed E-state index contributed by atoms with van der Waals surface area (Å²) in [5.41, 5.74) is 5.93. The number of methoxy groups -OCH3 is 2. The number of hydrogen-bond acceptors (Lipinski definition) is 5. The number of nitrogens with zero attached hydrogens (tertiary/aromatic N) is 2. The molecule has 1 aliphatic rings. The van der Waals surface area contributed by atoms with E-state index < -0.39 is 0 Å². The van der Waals surface area contributed by atoms with Gasteiger partial charge >= 0.3 is 5.97 Å². The van der Waals surface area contributed by atoms with Gasteiger partial charge in [0, 0.05) is 35.6 Å². The van der Waals surface area contributed by atoms with Crippen molar-refractivity contribution in [1.29, 1.82) is 0 Å². The fourth-order valence-electron chi connectivity index (χ4n) is 4.64. The second-order valence-electron chi connectivity index (χ2n) is 8.97. The number of anilines is 1. The van der Waals surface area contributed by atoms with Gasteiger partial charge < -0.3 is 14.4 Å². The quantitative estimate of drug-likeness (QED) is 0.420. The zero-order chi connectivity index (χ0) is 22.8. The minimum atomic E-state index is -0.344. The first kappa shape index (κ1) is 22.9. The summed E-state index contributed by atoms with van der Waals surface area (Å²) in [6, 6.07) is 9.77. The maximum Gasteiger partial charge on any atom is 0.337 e. The Morgan fingerprint density at radius 3 is 2.61 bits per heavy atom. The normalized spacial score (nSPS) is 17.5. The summed E-state index contributed by atoms with van der Waals surface area (Å²) >= 11 is 0. The summed E-state index contributed by atoms with van der Waals surface area (Å²) in [5.74, 6) is 0.929. The van der Waals surface area contributed by atoms with E-state index in [1.807, 2.05) is 19.2 Å². The monoisotopic (exact) mass is 422 g/mol. The first-order valence-electron chi connectivity index (χ1n) is 10.9. The number of rotatable bonds is 6. The van der Waals surface area contributed by atoms with Crippen LogP contribution in [0, 0.1) is 6.92 Å². The minimum absolute atomic E-state index is 0.113. The summed E-state index contributed by atoms with van der Waals surface area (Å²) in [7, 11) is 3.09. The Morgan fingerprint density at radius 1 is 1.26 bits per heavy atom. The molecule has 0 fully saturated rings. The molecule has 0 saturated carbocycles. The Hall–Kier alpha value is -2.82. The highest BCUT2D eigenvalue weighted by Gasteiger charge is 2.36. The number of benzene rings is 2. The molecule has 1 atom stereocenters. The third-order valence-electron chi connectivity index (χ3n) is 6.14. The number of esters is 1. The average molecular weight is 423 g/mol. The molecule has 1 heterocycles. The largest absolute Gasteiger partial charge is 0.496 e. The summed E-state index contributed by atoms with van der Waals surface area (Å²) in [4.78, 5) is 19.0. The van der Waals surface area contributed by atoms with Gasteiger partial charge in [-0.3, -0.25) is 4.99 Å². The van der Waals surface area contributed by atoms with Gasteiger partial charge in [0.1, 0.15) is 5.75 Å². The second-order valence-corrected chi connectivity index (χ2v) is 8.97. The van der Waals surface area contributed by atoms with Crippen LogP contribution in [-0.4, -0.2) is 38.5 Å². The number of fused-ring (bicyclic) bond motifs is 1. The van der Waals surface area contributed by atoms with Crippen molar-refractivity contribution in [3.8, 4) is 5.75 Å². The smallest absolute Gasteiger partial charge is 0.337 e. The molecule has 31 heavy (non-hydrogen) atoms. The SMILES string of the molecule is CCCN1c2cc(OC)c(C=Nc3ccc(C(=O)OC)cc3C)cc2C(C)CC1(C)C. The Labute approximate surface area is 186 Å². The number of aliphatic imine (C=N–C) groups is 1. The Bertz CT molecular complexity index is 994. The molecular formula is C26H34N2O3. The fourth-order valence-corrected chi connectivity index (χ4v) is 4.64. The Kier molecular flexibility index (Phi) is 6.73. The van der Waals surface area contributed by atoms with E-state index in [1.54, 1.807) is 19.2 Å². The van der Waals surface area contributed by atoms with Crippen LogP contribution in [0.25, 0.3) is 0 Å². The molecular weight excluding hydrogens is 388 g/mol. The highest BCUT2D eigenvalue weighted by Crippen LogP contribution is 2.45. The lowest BCUT2D eigenvalue weighted by molar-refractivity contribution is 0.0600. The highest BCUT2D eigenvalue weighted by molar-refractivity contribution is 5.91. The van der Waals surface area contributed by atoms with E-state index in [-0.39, 0.29) is 11.5 Å². The summed E-state index contributed by atoms with van der Waals surface area (Å²) in [6.45, 7) is 12.1. The Balaban J connectivity index is 2.00. The molecule has 0 N–H and O–H groups in total. The lowest BCUT2D eigenvalue weighted by atomic mass is 9.79.